The number of rotatable bonds is 5. The summed E-state index contributed by atoms with van der Waals surface area (Å²) in [6.07, 6.45) is 0. The second kappa shape index (κ2) is 6.72. The third-order valence-corrected chi connectivity index (χ3v) is 3.59. The largest absolute Gasteiger partial charge is 0.492 e. The molecule has 2 aromatic carbocycles. The van der Waals surface area contributed by atoms with Crippen LogP contribution in [0, 0.1) is 12.7 Å². The predicted molar refractivity (Wildman–Crippen MR) is 84.1 cm³/mol. The van der Waals surface area contributed by atoms with Crippen LogP contribution in [0.2, 0.25) is 0 Å². The van der Waals surface area contributed by atoms with Crippen LogP contribution in [0.25, 0.3) is 0 Å². The molecule has 0 aromatic heterocycles. The van der Waals surface area contributed by atoms with Crippen molar-refractivity contribution in [3.8, 4) is 5.75 Å². The minimum atomic E-state index is -0.226. The summed E-state index contributed by atoms with van der Waals surface area (Å²) in [5, 5.41) is 0. The molecule has 0 spiro atoms. The van der Waals surface area contributed by atoms with E-state index in [-0.39, 0.29) is 11.9 Å². The third-order valence-electron chi connectivity index (χ3n) is 3.59. The van der Waals surface area contributed by atoms with Gasteiger partial charge in [0.15, 0.2) is 0 Å². The Kier molecular flexibility index (Phi) is 4.97. The Labute approximate surface area is 125 Å². The molecule has 1 atom stereocenters. The molecule has 0 bridgehead atoms. The van der Waals surface area contributed by atoms with Crippen LogP contribution in [0.5, 0.6) is 5.75 Å². The van der Waals surface area contributed by atoms with E-state index < -0.39 is 0 Å². The molecule has 3 heteroatoms. The Hall–Kier alpha value is -1.87. The van der Waals surface area contributed by atoms with E-state index in [1.807, 2.05) is 12.1 Å². The topological polar surface area (TPSA) is 35.2 Å². The highest BCUT2D eigenvalue weighted by atomic mass is 19.1. The van der Waals surface area contributed by atoms with E-state index in [9.17, 15) is 4.39 Å². The summed E-state index contributed by atoms with van der Waals surface area (Å²) in [5.74, 6) is 0.924. The second-order valence-electron chi connectivity index (χ2n) is 5.65. The molecule has 0 saturated heterocycles. The molecule has 0 fully saturated rings. The molecule has 112 valence electrons. The van der Waals surface area contributed by atoms with Gasteiger partial charge >= 0.3 is 0 Å². The number of halogens is 1. The Morgan fingerprint density at radius 1 is 1.05 bits per heavy atom. The fourth-order valence-corrected chi connectivity index (χ4v) is 2.12. The monoisotopic (exact) mass is 287 g/mol. The van der Waals surface area contributed by atoms with Gasteiger partial charge < -0.3 is 10.5 Å². The Morgan fingerprint density at radius 2 is 1.67 bits per heavy atom. The molecule has 2 aromatic rings. The van der Waals surface area contributed by atoms with Crippen LogP contribution in [0.15, 0.2) is 42.5 Å². The predicted octanol–water partition coefficient (Wildman–Crippen LogP) is 4.34. The third kappa shape index (κ3) is 4.05. The molecule has 0 aliphatic rings. The summed E-state index contributed by atoms with van der Waals surface area (Å²) in [4.78, 5) is 0. The van der Waals surface area contributed by atoms with Gasteiger partial charge in [0.2, 0.25) is 0 Å². The molecule has 0 aliphatic heterocycles. The lowest BCUT2D eigenvalue weighted by Gasteiger charge is -2.15. The SMILES string of the molecule is Cc1cc(OCC(N)c2ccc(C(C)C)cc2)ccc1F. The zero-order valence-corrected chi connectivity index (χ0v) is 12.8. The van der Waals surface area contributed by atoms with Gasteiger partial charge in [-0.25, -0.2) is 4.39 Å². The van der Waals surface area contributed by atoms with Gasteiger partial charge in [0.05, 0.1) is 6.04 Å². The van der Waals surface area contributed by atoms with Crippen molar-refractivity contribution in [2.24, 2.45) is 5.73 Å². The zero-order valence-electron chi connectivity index (χ0n) is 12.8. The first kappa shape index (κ1) is 15.5. The molecule has 0 saturated carbocycles. The molecule has 21 heavy (non-hydrogen) atoms. The lowest BCUT2D eigenvalue weighted by Crippen LogP contribution is -2.19. The van der Waals surface area contributed by atoms with Crippen LogP contribution < -0.4 is 10.5 Å². The summed E-state index contributed by atoms with van der Waals surface area (Å²) in [6, 6.07) is 12.8. The van der Waals surface area contributed by atoms with E-state index in [2.05, 4.69) is 26.0 Å². The normalized spacial score (nSPS) is 12.5. The summed E-state index contributed by atoms with van der Waals surface area (Å²) in [5.41, 5.74) is 9.04. The van der Waals surface area contributed by atoms with Crippen molar-refractivity contribution in [2.45, 2.75) is 32.7 Å². The van der Waals surface area contributed by atoms with Gasteiger partial charge in [0.25, 0.3) is 0 Å². The first-order chi connectivity index (χ1) is 9.97. The van der Waals surface area contributed by atoms with Gasteiger partial charge in [-0.15, -0.1) is 0 Å². The van der Waals surface area contributed by atoms with Gasteiger partial charge in [-0.3, -0.25) is 0 Å². The summed E-state index contributed by atoms with van der Waals surface area (Å²) < 4.78 is 18.8. The van der Waals surface area contributed by atoms with E-state index >= 15 is 0 Å². The zero-order chi connectivity index (χ0) is 15.4. The molecule has 2 rings (SSSR count). The van der Waals surface area contributed by atoms with Crippen LogP contribution in [-0.2, 0) is 0 Å². The van der Waals surface area contributed by atoms with Crippen LogP contribution in [0.1, 0.15) is 42.5 Å². The van der Waals surface area contributed by atoms with E-state index in [0.717, 1.165) is 5.56 Å². The number of aryl methyl sites for hydroxylation is 1. The van der Waals surface area contributed by atoms with Crippen molar-refractivity contribution in [2.75, 3.05) is 6.61 Å². The van der Waals surface area contributed by atoms with Gasteiger partial charge in [0, 0.05) is 0 Å². The minimum Gasteiger partial charge on any atom is -0.492 e. The average molecular weight is 287 g/mol. The standard InChI is InChI=1S/C18H22FNO/c1-12(2)14-4-6-15(7-5-14)18(20)11-21-16-8-9-17(19)13(3)10-16/h4-10,12,18H,11,20H2,1-3H3. The Balaban J connectivity index is 1.97. The van der Waals surface area contributed by atoms with E-state index in [1.54, 1.807) is 19.1 Å². The molecular weight excluding hydrogens is 265 g/mol. The van der Waals surface area contributed by atoms with Crippen molar-refractivity contribution in [3.63, 3.8) is 0 Å². The fourth-order valence-electron chi connectivity index (χ4n) is 2.12. The van der Waals surface area contributed by atoms with Gasteiger partial charge in [0.1, 0.15) is 18.2 Å². The van der Waals surface area contributed by atoms with Crippen molar-refractivity contribution < 1.29 is 9.13 Å². The molecule has 0 aliphatic carbocycles. The smallest absolute Gasteiger partial charge is 0.126 e. The fraction of sp³-hybridized carbons (Fsp3) is 0.333. The first-order valence-corrected chi connectivity index (χ1v) is 7.21. The quantitative estimate of drug-likeness (QED) is 0.888. The van der Waals surface area contributed by atoms with Crippen LogP contribution >= 0.6 is 0 Å². The lowest BCUT2D eigenvalue weighted by molar-refractivity contribution is 0.290. The first-order valence-electron chi connectivity index (χ1n) is 7.21. The van der Waals surface area contributed by atoms with Crippen molar-refractivity contribution >= 4 is 0 Å². The highest BCUT2D eigenvalue weighted by molar-refractivity contribution is 5.30. The molecular formula is C18H22FNO. The number of hydrogen-bond acceptors (Lipinski definition) is 2. The van der Waals surface area contributed by atoms with Gasteiger partial charge in [-0.1, -0.05) is 38.1 Å². The number of benzene rings is 2. The maximum absolute atomic E-state index is 13.2. The second-order valence-corrected chi connectivity index (χ2v) is 5.65. The molecule has 1 unspecified atom stereocenters. The van der Waals surface area contributed by atoms with Gasteiger partial charge in [-0.05, 0) is 47.7 Å². The summed E-state index contributed by atoms with van der Waals surface area (Å²) in [6.45, 7) is 6.41. The van der Waals surface area contributed by atoms with E-state index in [0.29, 0.717) is 23.8 Å². The lowest BCUT2D eigenvalue weighted by atomic mass is 9.99. The average Bonchev–Trinajstić information content (AvgIpc) is 2.48. The van der Waals surface area contributed by atoms with Crippen LogP contribution in [-0.4, -0.2) is 6.61 Å². The summed E-state index contributed by atoms with van der Waals surface area (Å²) >= 11 is 0. The molecule has 0 amide bonds. The number of ether oxygens (including phenoxy) is 1. The minimum absolute atomic E-state index is 0.198. The van der Waals surface area contributed by atoms with E-state index in [4.69, 9.17) is 10.5 Å². The Morgan fingerprint density at radius 3 is 2.24 bits per heavy atom. The Bertz CT molecular complexity index is 593. The number of nitrogens with two attached hydrogens (primary N) is 1. The van der Waals surface area contributed by atoms with Crippen LogP contribution in [0.3, 0.4) is 0 Å². The van der Waals surface area contributed by atoms with E-state index in [1.165, 1.54) is 11.6 Å². The highest BCUT2D eigenvalue weighted by Gasteiger charge is 2.08. The molecule has 2 nitrogen and oxygen atoms in total. The highest BCUT2D eigenvalue weighted by Crippen LogP contribution is 2.20. The van der Waals surface area contributed by atoms with Crippen molar-refractivity contribution in [3.05, 3.63) is 65.0 Å². The molecule has 0 radical (unpaired) electrons. The van der Waals surface area contributed by atoms with Crippen molar-refractivity contribution in [1.82, 2.24) is 0 Å². The maximum Gasteiger partial charge on any atom is 0.126 e. The summed E-state index contributed by atoms with van der Waals surface area (Å²) in [7, 11) is 0. The maximum atomic E-state index is 13.2. The van der Waals surface area contributed by atoms with Crippen LogP contribution in [0.4, 0.5) is 4.39 Å². The van der Waals surface area contributed by atoms with Gasteiger partial charge in [-0.2, -0.15) is 0 Å². The molecule has 0 heterocycles. The molecule has 2 N–H and O–H groups in total. The number of hydrogen-bond donors (Lipinski definition) is 1. The van der Waals surface area contributed by atoms with Crippen molar-refractivity contribution in [1.29, 1.82) is 0 Å².